The fourth-order valence-electron chi connectivity index (χ4n) is 1.26. The molecular weight excluding hydrogens is 122 g/mol. The molecule has 1 aromatic rings. The van der Waals surface area contributed by atoms with Crippen LogP contribution in [0.3, 0.4) is 0 Å². The first-order valence-electron chi connectivity index (χ1n) is 3.56. The molecule has 0 N–H and O–H groups in total. The zero-order valence-electron chi connectivity index (χ0n) is 5.75. The van der Waals surface area contributed by atoms with Crippen molar-refractivity contribution in [3.05, 3.63) is 35.7 Å². The van der Waals surface area contributed by atoms with Gasteiger partial charge in [-0.15, -0.1) is 0 Å². The molecule has 1 heterocycles. The SMILES string of the molecule is C1=Cc2ccncc2CC1. The Hall–Kier alpha value is -1.11. The maximum absolute atomic E-state index is 4.06. The number of nitrogens with zero attached hydrogens (tertiary/aromatic N) is 1. The van der Waals surface area contributed by atoms with Crippen LogP contribution < -0.4 is 0 Å². The highest BCUT2D eigenvalue weighted by molar-refractivity contribution is 5.54. The van der Waals surface area contributed by atoms with Crippen molar-refractivity contribution < 1.29 is 0 Å². The van der Waals surface area contributed by atoms with Crippen LogP contribution in [0.15, 0.2) is 24.5 Å². The fraction of sp³-hybridized carbons (Fsp3) is 0.222. The lowest BCUT2D eigenvalue weighted by atomic mass is 10.0. The summed E-state index contributed by atoms with van der Waals surface area (Å²) in [6.07, 6.45) is 10.5. The molecular formula is C9H9N. The normalized spacial score (nSPS) is 14.8. The third-order valence-electron chi connectivity index (χ3n) is 1.82. The van der Waals surface area contributed by atoms with Crippen molar-refractivity contribution in [2.45, 2.75) is 12.8 Å². The fourth-order valence-corrected chi connectivity index (χ4v) is 1.26. The number of hydrogen-bond donors (Lipinski definition) is 0. The minimum atomic E-state index is 1.15. The summed E-state index contributed by atoms with van der Waals surface area (Å²) >= 11 is 0. The molecule has 0 aromatic carbocycles. The quantitative estimate of drug-likeness (QED) is 0.525. The molecule has 0 saturated heterocycles. The summed E-state index contributed by atoms with van der Waals surface area (Å²) in [5.74, 6) is 0. The first-order valence-corrected chi connectivity index (χ1v) is 3.56. The smallest absolute Gasteiger partial charge is 0.0305 e. The first kappa shape index (κ1) is 5.66. The predicted octanol–water partition coefficient (Wildman–Crippen LogP) is 2.04. The van der Waals surface area contributed by atoms with Crippen molar-refractivity contribution in [1.82, 2.24) is 4.98 Å². The van der Waals surface area contributed by atoms with Gasteiger partial charge in [-0.2, -0.15) is 0 Å². The van der Waals surface area contributed by atoms with E-state index in [1.807, 2.05) is 12.4 Å². The highest BCUT2D eigenvalue weighted by atomic mass is 14.6. The minimum absolute atomic E-state index is 1.15. The van der Waals surface area contributed by atoms with Gasteiger partial charge in [0.15, 0.2) is 0 Å². The Bertz CT molecular complexity index is 263. The van der Waals surface area contributed by atoms with Crippen molar-refractivity contribution in [3.8, 4) is 0 Å². The van der Waals surface area contributed by atoms with E-state index < -0.39 is 0 Å². The van der Waals surface area contributed by atoms with E-state index >= 15 is 0 Å². The van der Waals surface area contributed by atoms with Gasteiger partial charge in [0.1, 0.15) is 0 Å². The Kier molecular flexibility index (Phi) is 1.28. The number of aryl methyl sites for hydroxylation is 1. The Morgan fingerprint density at radius 3 is 3.30 bits per heavy atom. The topological polar surface area (TPSA) is 12.9 Å². The number of aromatic nitrogens is 1. The molecule has 10 heavy (non-hydrogen) atoms. The molecule has 0 atom stereocenters. The summed E-state index contributed by atoms with van der Waals surface area (Å²) in [7, 11) is 0. The van der Waals surface area contributed by atoms with Gasteiger partial charge in [0.2, 0.25) is 0 Å². The second-order valence-electron chi connectivity index (χ2n) is 2.52. The van der Waals surface area contributed by atoms with Crippen LogP contribution in [0, 0.1) is 0 Å². The molecule has 0 bridgehead atoms. The third kappa shape index (κ3) is 0.838. The monoisotopic (exact) mass is 131 g/mol. The molecule has 1 aliphatic rings. The van der Waals surface area contributed by atoms with E-state index in [0.717, 1.165) is 6.42 Å². The summed E-state index contributed by atoms with van der Waals surface area (Å²) in [6, 6.07) is 2.06. The molecule has 1 aliphatic carbocycles. The largest absolute Gasteiger partial charge is 0.264 e. The maximum Gasteiger partial charge on any atom is 0.0305 e. The molecule has 2 rings (SSSR count). The molecule has 0 radical (unpaired) electrons. The molecule has 1 heteroatoms. The van der Waals surface area contributed by atoms with Crippen LogP contribution in [0.5, 0.6) is 0 Å². The number of fused-ring (bicyclic) bond motifs is 1. The van der Waals surface area contributed by atoms with Crippen LogP contribution in [0.2, 0.25) is 0 Å². The van der Waals surface area contributed by atoms with Gasteiger partial charge in [-0.3, -0.25) is 4.98 Å². The van der Waals surface area contributed by atoms with Crippen molar-refractivity contribution in [3.63, 3.8) is 0 Å². The van der Waals surface area contributed by atoms with Crippen LogP contribution in [0.4, 0.5) is 0 Å². The van der Waals surface area contributed by atoms with E-state index in [1.54, 1.807) is 0 Å². The number of hydrogen-bond acceptors (Lipinski definition) is 1. The van der Waals surface area contributed by atoms with Crippen molar-refractivity contribution in [1.29, 1.82) is 0 Å². The Morgan fingerprint density at radius 1 is 1.40 bits per heavy atom. The van der Waals surface area contributed by atoms with Crippen LogP contribution in [-0.2, 0) is 6.42 Å². The molecule has 0 spiro atoms. The summed E-state index contributed by atoms with van der Waals surface area (Å²) in [5, 5.41) is 0. The van der Waals surface area contributed by atoms with Gasteiger partial charge in [0.25, 0.3) is 0 Å². The Morgan fingerprint density at radius 2 is 2.40 bits per heavy atom. The van der Waals surface area contributed by atoms with E-state index in [2.05, 4.69) is 23.2 Å². The summed E-state index contributed by atoms with van der Waals surface area (Å²) in [4.78, 5) is 4.06. The van der Waals surface area contributed by atoms with Crippen molar-refractivity contribution >= 4 is 6.08 Å². The van der Waals surface area contributed by atoms with Crippen LogP contribution in [-0.4, -0.2) is 4.98 Å². The lowest BCUT2D eigenvalue weighted by Gasteiger charge is -2.07. The second kappa shape index (κ2) is 2.25. The molecule has 50 valence electrons. The predicted molar refractivity (Wildman–Crippen MR) is 41.6 cm³/mol. The van der Waals surface area contributed by atoms with Gasteiger partial charge >= 0.3 is 0 Å². The van der Waals surface area contributed by atoms with E-state index in [4.69, 9.17) is 0 Å². The molecule has 0 unspecified atom stereocenters. The maximum atomic E-state index is 4.06. The summed E-state index contributed by atoms with van der Waals surface area (Å²) < 4.78 is 0. The standard InChI is InChI=1S/C9H9N/c1-2-4-9-7-10-6-5-8(9)3-1/h1,3,5-7H,2,4H2. The highest BCUT2D eigenvalue weighted by Gasteiger charge is 2.01. The third-order valence-corrected chi connectivity index (χ3v) is 1.82. The van der Waals surface area contributed by atoms with Gasteiger partial charge in [0, 0.05) is 12.4 Å². The van der Waals surface area contributed by atoms with Crippen LogP contribution >= 0.6 is 0 Å². The van der Waals surface area contributed by atoms with Crippen molar-refractivity contribution in [2.24, 2.45) is 0 Å². The number of rotatable bonds is 0. The van der Waals surface area contributed by atoms with E-state index in [1.165, 1.54) is 17.5 Å². The Balaban J connectivity index is 2.54. The number of pyridine rings is 1. The van der Waals surface area contributed by atoms with Gasteiger partial charge in [-0.05, 0) is 30.0 Å². The summed E-state index contributed by atoms with van der Waals surface area (Å²) in [6.45, 7) is 0. The molecule has 0 amide bonds. The zero-order chi connectivity index (χ0) is 6.81. The molecule has 0 aliphatic heterocycles. The van der Waals surface area contributed by atoms with Crippen LogP contribution in [0.1, 0.15) is 17.5 Å². The average molecular weight is 131 g/mol. The molecule has 0 fully saturated rings. The minimum Gasteiger partial charge on any atom is -0.264 e. The zero-order valence-corrected chi connectivity index (χ0v) is 5.75. The van der Waals surface area contributed by atoms with Gasteiger partial charge in [-0.1, -0.05) is 12.2 Å². The van der Waals surface area contributed by atoms with E-state index in [9.17, 15) is 0 Å². The molecule has 0 saturated carbocycles. The number of allylic oxidation sites excluding steroid dienone is 1. The average Bonchev–Trinajstić information content (AvgIpc) is 2.05. The van der Waals surface area contributed by atoms with Gasteiger partial charge in [0.05, 0.1) is 0 Å². The van der Waals surface area contributed by atoms with E-state index in [0.29, 0.717) is 0 Å². The first-order chi connectivity index (χ1) is 4.97. The lowest BCUT2D eigenvalue weighted by Crippen LogP contribution is -1.93. The van der Waals surface area contributed by atoms with Gasteiger partial charge < -0.3 is 0 Å². The van der Waals surface area contributed by atoms with Crippen LogP contribution in [0.25, 0.3) is 6.08 Å². The van der Waals surface area contributed by atoms with Gasteiger partial charge in [-0.25, -0.2) is 0 Å². The molecule has 1 nitrogen and oxygen atoms in total. The summed E-state index contributed by atoms with van der Waals surface area (Å²) in [5.41, 5.74) is 2.71. The molecule has 1 aromatic heterocycles. The lowest BCUT2D eigenvalue weighted by molar-refractivity contribution is 0.971. The second-order valence-corrected chi connectivity index (χ2v) is 2.52. The Labute approximate surface area is 60.4 Å². The van der Waals surface area contributed by atoms with Crippen molar-refractivity contribution in [2.75, 3.05) is 0 Å². The highest BCUT2D eigenvalue weighted by Crippen LogP contribution is 2.16. The van der Waals surface area contributed by atoms with E-state index in [-0.39, 0.29) is 0 Å².